The maximum atomic E-state index is 4.37. The van der Waals surface area contributed by atoms with Gasteiger partial charge in [0.1, 0.15) is 0 Å². The van der Waals surface area contributed by atoms with E-state index in [9.17, 15) is 0 Å². The minimum absolute atomic E-state index is 0. The number of aromatic nitrogens is 2. The minimum Gasteiger partial charge on any atom is -0.355 e. The van der Waals surface area contributed by atoms with E-state index in [0.717, 1.165) is 25.6 Å². The van der Waals surface area contributed by atoms with Crippen LogP contribution in [0.15, 0.2) is 17.4 Å². The van der Waals surface area contributed by atoms with Crippen molar-refractivity contribution in [3.63, 3.8) is 0 Å². The third kappa shape index (κ3) is 7.82. The summed E-state index contributed by atoms with van der Waals surface area (Å²) in [5.41, 5.74) is 1.19. The molecule has 0 aromatic carbocycles. The fraction of sp³-hybridized carbons (Fsp3) is 0.789. The second-order valence-electron chi connectivity index (χ2n) is 7.42. The largest absolute Gasteiger partial charge is 0.355 e. The Balaban J connectivity index is 0.00000338. The zero-order chi connectivity index (χ0) is 18.1. The first-order chi connectivity index (χ1) is 12.1. The third-order valence-corrected chi connectivity index (χ3v) is 4.98. The van der Waals surface area contributed by atoms with Crippen LogP contribution in [0, 0.1) is 12.8 Å². The van der Waals surface area contributed by atoms with Gasteiger partial charge in [-0.25, -0.2) is 0 Å². The van der Waals surface area contributed by atoms with E-state index >= 15 is 0 Å². The van der Waals surface area contributed by atoms with Gasteiger partial charge in [-0.3, -0.25) is 14.6 Å². The normalized spacial score (nSPS) is 17.5. The highest BCUT2D eigenvalue weighted by Crippen LogP contribution is 2.17. The predicted molar refractivity (Wildman–Crippen MR) is 120 cm³/mol. The van der Waals surface area contributed by atoms with Gasteiger partial charge in [-0.05, 0) is 44.3 Å². The Hall–Kier alpha value is -0.830. The topological polar surface area (TPSA) is 57.5 Å². The summed E-state index contributed by atoms with van der Waals surface area (Å²) in [6.07, 6.45) is 9.38. The summed E-state index contributed by atoms with van der Waals surface area (Å²) in [4.78, 5) is 7.04. The molecule has 0 spiro atoms. The molecule has 2 rings (SSSR count). The van der Waals surface area contributed by atoms with E-state index in [1.165, 1.54) is 44.3 Å². The number of hydrogen-bond donors (Lipinski definition) is 2. The number of likely N-dealkylation sites (tertiary alicyclic amines) is 1. The maximum Gasteiger partial charge on any atom is 0.191 e. The van der Waals surface area contributed by atoms with Crippen LogP contribution >= 0.6 is 24.0 Å². The summed E-state index contributed by atoms with van der Waals surface area (Å²) in [5.74, 6) is 1.51. The van der Waals surface area contributed by atoms with Gasteiger partial charge >= 0.3 is 0 Å². The Kier molecular flexibility index (Phi) is 11.2. The lowest BCUT2D eigenvalue weighted by Gasteiger charge is -2.34. The molecule has 1 fully saturated rings. The van der Waals surface area contributed by atoms with Crippen molar-refractivity contribution in [1.82, 2.24) is 25.3 Å². The molecule has 1 saturated heterocycles. The molecular formula is C19H37IN6. The van der Waals surface area contributed by atoms with Crippen molar-refractivity contribution in [3.8, 4) is 0 Å². The molecule has 1 aromatic heterocycles. The van der Waals surface area contributed by atoms with E-state index in [1.54, 1.807) is 0 Å². The van der Waals surface area contributed by atoms with Gasteiger partial charge < -0.3 is 10.6 Å². The van der Waals surface area contributed by atoms with Crippen LogP contribution in [0.1, 0.15) is 45.1 Å². The Bertz CT molecular complexity index is 520. The first kappa shape index (κ1) is 23.2. The number of nitrogens with zero attached hydrogens (tertiary/aromatic N) is 4. The average molecular weight is 476 g/mol. The average Bonchev–Trinajstić information content (AvgIpc) is 2.84. The Morgan fingerprint density at radius 3 is 2.42 bits per heavy atom. The van der Waals surface area contributed by atoms with Gasteiger partial charge in [0.25, 0.3) is 0 Å². The van der Waals surface area contributed by atoms with Crippen LogP contribution < -0.4 is 10.6 Å². The summed E-state index contributed by atoms with van der Waals surface area (Å²) >= 11 is 0. The molecule has 26 heavy (non-hydrogen) atoms. The molecule has 0 aliphatic carbocycles. The third-order valence-electron chi connectivity index (χ3n) is 4.98. The smallest absolute Gasteiger partial charge is 0.191 e. The molecule has 1 aliphatic rings. The Morgan fingerprint density at radius 2 is 1.88 bits per heavy atom. The van der Waals surface area contributed by atoms with E-state index in [-0.39, 0.29) is 24.0 Å². The summed E-state index contributed by atoms with van der Waals surface area (Å²) in [5, 5.41) is 11.2. The molecular weight excluding hydrogens is 439 g/mol. The SMILES string of the molecule is CN=C(NCCn1cc(C)cn1)NCC(C(C)C)N1CCCCCC1.I. The summed E-state index contributed by atoms with van der Waals surface area (Å²) in [7, 11) is 1.84. The van der Waals surface area contributed by atoms with E-state index in [0.29, 0.717) is 12.0 Å². The van der Waals surface area contributed by atoms with Gasteiger partial charge in [0.2, 0.25) is 0 Å². The molecule has 2 heterocycles. The van der Waals surface area contributed by atoms with Crippen LogP contribution in [0.5, 0.6) is 0 Å². The molecule has 0 saturated carbocycles. The van der Waals surface area contributed by atoms with E-state index in [2.05, 4.69) is 52.6 Å². The molecule has 1 atom stereocenters. The first-order valence-electron chi connectivity index (χ1n) is 9.77. The molecule has 150 valence electrons. The van der Waals surface area contributed by atoms with Crippen LogP contribution in [-0.4, -0.2) is 59.9 Å². The van der Waals surface area contributed by atoms with Gasteiger partial charge in [0.05, 0.1) is 12.7 Å². The Morgan fingerprint density at radius 1 is 1.19 bits per heavy atom. The summed E-state index contributed by atoms with van der Waals surface area (Å²) in [6, 6.07) is 0.561. The fourth-order valence-corrected chi connectivity index (χ4v) is 3.51. The van der Waals surface area contributed by atoms with Crippen molar-refractivity contribution in [2.24, 2.45) is 10.9 Å². The number of rotatable bonds is 7. The molecule has 0 bridgehead atoms. The predicted octanol–water partition coefficient (Wildman–Crippen LogP) is 2.88. The van der Waals surface area contributed by atoms with Crippen molar-refractivity contribution < 1.29 is 0 Å². The first-order valence-corrected chi connectivity index (χ1v) is 9.77. The number of halogens is 1. The summed E-state index contributed by atoms with van der Waals surface area (Å²) < 4.78 is 1.96. The number of aryl methyl sites for hydroxylation is 1. The zero-order valence-corrected chi connectivity index (χ0v) is 19.2. The quantitative estimate of drug-likeness (QED) is 0.361. The molecule has 7 heteroatoms. The van der Waals surface area contributed by atoms with Gasteiger partial charge in [-0.15, -0.1) is 24.0 Å². The maximum absolute atomic E-state index is 4.37. The van der Waals surface area contributed by atoms with Crippen molar-refractivity contribution in [2.75, 3.05) is 33.2 Å². The minimum atomic E-state index is 0. The van der Waals surface area contributed by atoms with Crippen molar-refractivity contribution >= 4 is 29.9 Å². The highest BCUT2D eigenvalue weighted by molar-refractivity contribution is 14.0. The van der Waals surface area contributed by atoms with Crippen molar-refractivity contribution in [3.05, 3.63) is 18.0 Å². The highest BCUT2D eigenvalue weighted by atomic mass is 127. The number of nitrogens with one attached hydrogen (secondary N) is 2. The van der Waals surface area contributed by atoms with Gasteiger partial charge in [-0.2, -0.15) is 5.10 Å². The van der Waals surface area contributed by atoms with E-state index in [1.807, 2.05) is 17.9 Å². The van der Waals surface area contributed by atoms with Crippen LogP contribution in [0.4, 0.5) is 0 Å². The molecule has 2 N–H and O–H groups in total. The lowest BCUT2D eigenvalue weighted by atomic mass is 10.0. The monoisotopic (exact) mass is 476 g/mol. The van der Waals surface area contributed by atoms with Gasteiger partial charge in [0, 0.05) is 32.4 Å². The highest BCUT2D eigenvalue weighted by Gasteiger charge is 2.22. The molecule has 1 aliphatic heterocycles. The van der Waals surface area contributed by atoms with Crippen LogP contribution in [0.2, 0.25) is 0 Å². The molecule has 1 aromatic rings. The second-order valence-corrected chi connectivity index (χ2v) is 7.42. The van der Waals surface area contributed by atoms with Crippen molar-refractivity contribution in [2.45, 2.75) is 59.0 Å². The molecule has 6 nitrogen and oxygen atoms in total. The lowest BCUT2D eigenvalue weighted by Crippen LogP contribution is -2.50. The molecule has 0 amide bonds. The van der Waals surface area contributed by atoms with Crippen molar-refractivity contribution in [1.29, 1.82) is 0 Å². The fourth-order valence-electron chi connectivity index (χ4n) is 3.51. The number of aliphatic imine (C=N–C) groups is 1. The van der Waals surface area contributed by atoms with Gasteiger partial charge in [-0.1, -0.05) is 26.7 Å². The number of guanidine groups is 1. The molecule has 1 unspecified atom stereocenters. The zero-order valence-electron chi connectivity index (χ0n) is 16.9. The standard InChI is InChI=1S/C19H36N6.HI/c1-16(2)18(24-10-7-5-6-8-11-24)14-22-19(20-4)21-9-12-25-15-17(3)13-23-25;/h13,15-16,18H,5-12,14H2,1-4H3,(H2,20,21,22);1H. The Labute approximate surface area is 176 Å². The van der Waals surface area contributed by atoms with Crippen LogP contribution in [0.3, 0.4) is 0 Å². The summed E-state index contributed by atoms with van der Waals surface area (Å²) in [6.45, 7) is 11.8. The van der Waals surface area contributed by atoms with Gasteiger partial charge in [0.15, 0.2) is 5.96 Å². The van der Waals surface area contributed by atoms with E-state index < -0.39 is 0 Å². The van der Waals surface area contributed by atoms with Crippen LogP contribution in [-0.2, 0) is 6.54 Å². The second kappa shape index (κ2) is 12.5. The number of hydrogen-bond acceptors (Lipinski definition) is 3. The lowest BCUT2D eigenvalue weighted by molar-refractivity contribution is 0.161. The van der Waals surface area contributed by atoms with Crippen LogP contribution in [0.25, 0.3) is 0 Å². The van der Waals surface area contributed by atoms with E-state index in [4.69, 9.17) is 0 Å². The molecule has 0 radical (unpaired) electrons.